The third kappa shape index (κ3) is 4.31. The van der Waals surface area contributed by atoms with Crippen molar-refractivity contribution in [2.45, 2.75) is 6.92 Å². The fourth-order valence-corrected chi connectivity index (χ4v) is 0.250. The van der Waals surface area contributed by atoms with E-state index in [9.17, 15) is 0 Å². The highest BCUT2D eigenvalue weighted by molar-refractivity contribution is 7.95. The Morgan fingerprint density at radius 3 is 2.60 bits per heavy atom. The van der Waals surface area contributed by atoms with Crippen LogP contribution in [0.4, 0.5) is 0 Å². The Bertz CT molecular complexity index is 14.4. The maximum atomic E-state index is 4.64. The van der Waals surface area contributed by atoms with Crippen LogP contribution >= 0.6 is 12.0 Å². The molecule has 0 amide bonds. The van der Waals surface area contributed by atoms with Gasteiger partial charge >= 0.3 is 0 Å². The van der Waals surface area contributed by atoms with Gasteiger partial charge in [0.15, 0.2) is 0 Å². The third-order valence-electron chi connectivity index (χ3n) is 0.201. The van der Waals surface area contributed by atoms with Crippen LogP contribution in [-0.2, 0) is 4.18 Å². The predicted octanol–water partition coefficient (Wildman–Crippen LogP) is 1.46. The van der Waals surface area contributed by atoms with Crippen LogP contribution < -0.4 is 0 Å². The molecule has 0 atom stereocenters. The molecule has 0 heterocycles. The summed E-state index contributed by atoms with van der Waals surface area (Å²) in [6.45, 7) is 2.67. The number of hydrogen-bond acceptors (Lipinski definition) is 2. The summed E-state index contributed by atoms with van der Waals surface area (Å²) >= 11 is 1.15. The minimum absolute atomic E-state index is 0.744. The predicted molar refractivity (Wildman–Crippen MR) is 24.6 cm³/mol. The zero-order valence-electron chi connectivity index (χ0n) is 3.23. The van der Waals surface area contributed by atoms with Gasteiger partial charge in [-0.05, 0) is 19.0 Å². The van der Waals surface area contributed by atoms with Gasteiger partial charge in [0.25, 0.3) is 0 Å². The molecule has 0 saturated carbocycles. The molecule has 31 valence electrons. The maximum absolute atomic E-state index is 4.64. The Morgan fingerprint density at radius 1 is 2.00 bits per heavy atom. The Balaban J connectivity index is 2.19. The van der Waals surface area contributed by atoms with E-state index in [4.69, 9.17) is 0 Å². The molecular weight excluding hydrogens is 84.1 g/mol. The van der Waals surface area contributed by atoms with Gasteiger partial charge in [-0.3, -0.25) is 0 Å². The Hall–Kier alpha value is 0.310. The summed E-state index contributed by atoms with van der Waals surface area (Å²) in [4.78, 5) is 0. The molecule has 0 aromatic rings. The van der Waals surface area contributed by atoms with Gasteiger partial charge in [0.2, 0.25) is 0 Å². The first-order chi connectivity index (χ1) is 2.41. The van der Waals surface area contributed by atoms with E-state index < -0.39 is 0 Å². The first-order valence-electron chi connectivity index (χ1n) is 1.45. The monoisotopic (exact) mass is 91.0 g/mol. The lowest BCUT2D eigenvalue weighted by molar-refractivity contribution is 0.405. The van der Waals surface area contributed by atoms with Crippen molar-refractivity contribution in [2.24, 2.45) is 0 Å². The van der Waals surface area contributed by atoms with Gasteiger partial charge in [0, 0.05) is 6.26 Å². The second-order valence-corrected chi connectivity index (χ2v) is 0.996. The molecule has 0 aliphatic heterocycles. The van der Waals surface area contributed by atoms with Gasteiger partial charge < -0.3 is 4.18 Å². The van der Waals surface area contributed by atoms with E-state index in [-0.39, 0.29) is 0 Å². The highest BCUT2D eigenvalue weighted by Gasteiger charge is 1.65. The molecule has 0 aliphatic rings. The first-order valence-corrected chi connectivity index (χ1v) is 2.36. The molecule has 0 rings (SSSR count). The van der Waals surface area contributed by atoms with Crippen LogP contribution in [0.2, 0.25) is 0 Å². The van der Waals surface area contributed by atoms with Crippen molar-refractivity contribution in [1.82, 2.24) is 0 Å². The van der Waals surface area contributed by atoms with E-state index in [1.54, 1.807) is 0 Å². The molecule has 0 unspecified atom stereocenters. The fourth-order valence-electron chi connectivity index (χ4n) is 0.0833. The molecule has 0 bridgehead atoms. The minimum Gasteiger partial charge on any atom is -0.316 e. The molecule has 0 fully saturated rings. The van der Waals surface area contributed by atoms with Gasteiger partial charge in [-0.25, -0.2) is 0 Å². The van der Waals surface area contributed by atoms with Gasteiger partial charge in [-0.2, -0.15) is 0 Å². The van der Waals surface area contributed by atoms with Crippen LogP contribution in [0.3, 0.4) is 0 Å². The van der Waals surface area contributed by atoms with E-state index in [1.807, 2.05) is 6.92 Å². The highest BCUT2D eigenvalue weighted by Crippen LogP contribution is 1.93. The van der Waals surface area contributed by atoms with Crippen molar-refractivity contribution in [3.05, 3.63) is 6.26 Å². The zero-order chi connectivity index (χ0) is 4.12. The Kier molecular flexibility index (Phi) is 4.58. The van der Waals surface area contributed by atoms with Crippen molar-refractivity contribution >= 4 is 12.0 Å². The summed E-state index contributed by atoms with van der Waals surface area (Å²) in [6.07, 6.45) is 3.37. The lowest BCUT2D eigenvalue weighted by Gasteiger charge is -1.84. The molecule has 1 radical (unpaired) electrons. The zero-order valence-corrected chi connectivity index (χ0v) is 4.05. The quantitative estimate of drug-likeness (QED) is 0.476. The van der Waals surface area contributed by atoms with Crippen LogP contribution in [0.1, 0.15) is 6.92 Å². The molecule has 0 aromatic carbocycles. The van der Waals surface area contributed by atoms with Crippen LogP contribution in [-0.4, -0.2) is 6.61 Å². The van der Waals surface area contributed by atoms with Crippen molar-refractivity contribution < 1.29 is 4.18 Å². The molecule has 0 N–H and O–H groups in total. The second-order valence-electron chi connectivity index (χ2n) is 0.524. The third-order valence-corrected chi connectivity index (χ3v) is 0.604. The standard InChI is InChI=1S/C3H7OS/c1-3-4-5-2/h2-3H2,1H3. The average Bonchev–Trinajstić information content (AvgIpc) is 1.41. The van der Waals surface area contributed by atoms with Gasteiger partial charge in [-0.15, -0.1) is 0 Å². The van der Waals surface area contributed by atoms with E-state index >= 15 is 0 Å². The minimum atomic E-state index is 0.744. The van der Waals surface area contributed by atoms with Crippen LogP contribution in [0.5, 0.6) is 0 Å². The van der Waals surface area contributed by atoms with E-state index in [0.29, 0.717) is 0 Å². The van der Waals surface area contributed by atoms with Crippen molar-refractivity contribution in [3.63, 3.8) is 0 Å². The molecule has 1 nitrogen and oxygen atoms in total. The SMILES string of the molecule is [CH2]SOCC. The summed E-state index contributed by atoms with van der Waals surface area (Å²) in [5, 5.41) is 0. The lowest BCUT2D eigenvalue weighted by Crippen LogP contribution is -1.69. The summed E-state index contributed by atoms with van der Waals surface area (Å²) in [7, 11) is 0. The van der Waals surface area contributed by atoms with Crippen LogP contribution in [0.15, 0.2) is 0 Å². The van der Waals surface area contributed by atoms with Crippen molar-refractivity contribution in [1.29, 1.82) is 0 Å². The highest BCUT2D eigenvalue weighted by atomic mass is 32.2. The number of rotatable bonds is 2. The Labute approximate surface area is 36.9 Å². The van der Waals surface area contributed by atoms with E-state index in [0.717, 1.165) is 18.6 Å². The summed E-state index contributed by atoms with van der Waals surface area (Å²) in [5.41, 5.74) is 0. The number of hydrogen-bond donors (Lipinski definition) is 0. The maximum Gasteiger partial charge on any atom is 0.0585 e. The topological polar surface area (TPSA) is 9.23 Å². The Morgan fingerprint density at radius 2 is 2.60 bits per heavy atom. The smallest absolute Gasteiger partial charge is 0.0585 e. The molecular formula is C3H7OS. The van der Waals surface area contributed by atoms with Crippen LogP contribution in [0, 0.1) is 6.26 Å². The van der Waals surface area contributed by atoms with Gasteiger partial charge in [-0.1, -0.05) is 0 Å². The second kappa shape index (κ2) is 4.31. The van der Waals surface area contributed by atoms with Crippen LogP contribution in [0.25, 0.3) is 0 Å². The van der Waals surface area contributed by atoms with E-state index in [1.165, 1.54) is 0 Å². The van der Waals surface area contributed by atoms with Crippen molar-refractivity contribution in [3.8, 4) is 0 Å². The summed E-state index contributed by atoms with van der Waals surface area (Å²) in [6, 6.07) is 0. The average molecular weight is 91.2 g/mol. The first kappa shape index (κ1) is 5.31. The molecule has 0 aliphatic carbocycles. The fraction of sp³-hybridized carbons (Fsp3) is 0.667. The summed E-state index contributed by atoms with van der Waals surface area (Å²) in [5.74, 6) is 0. The van der Waals surface area contributed by atoms with Crippen molar-refractivity contribution in [2.75, 3.05) is 6.61 Å². The largest absolute Gasteiger partial charge is 0.316 e. The molecule has 0 saturated heterocycles. The van der Waals surface area contributed by atoms with Gasteiger partial charge in [0.05, 0.1) is 6.61 Å². The molecule has 2 heteroatoms. The lowest BCUT2D eigenvalue weighted by atomic mass is 10.9. The normalized spacial score (nSPS) is 8.40. The molecule has 5 heavy (non-hydrogen) atoms. The van der Waals surface area contributed by atoms with Gasteiger partial charge in [0.1, 0.15) is 0 Å². The molecule has 0 spiro atoms. The molecule has 0 aromatic heterocycles. The summed E-state index contributed by atoms with van der Waals surface area (Å²) < 4.78 is 4.64. The van der Waals surface area contributed by atoms with E-state index in [2.05, 4.69) is 10.4 Å².